The molecule has 0 aliphatic heterocycles. The number of primary amides is 1. The Bertz CT molecular complexity index is 436. The molecule has 0 aromatic rings. The molecule has 0 bridgehead atoms. The first-order valence-electron chi connectivity index (χ1n) is 4.78. The average Bonchev–Trinajstić information content (AvgIpc) is 2.20. The van der Waals surface area contributed by atoms with E-state index < -0.39 is 53.7 Å². The van der Waals surface area contributed by atoms with Crippen LogP contribution in [0.4, 0.5) is 13.2 Å². The van der Waals surface area contributed by atoms with Gasteiger partial charge in [-0.05, 0) is 6.42 Å². The van der Waals surface area contributed by atoms with E-state index in [0.717, 1.165) is 4.72 Å². The Balaban J connectivity index is 4.56. The number of carbonyl (C=O) groups is 2. The highest BCUT2D eigenvalue weighted by atomic mass is 32.2. The predicted octanol–water partition coefficient (Wildman–Crippen LogP) is -1.31. The largest absolute Gasteiger partial charge is 0.480 e. The third kappa shape index (κ3) is 9.21. The van der Waals surface area contributed by atoms with Crippen molar-refractivity contribution in [1.29, 1.82) is 0 Å². The molecule has 1 atom stereocenters. The van der Waals surface area contributed by atoms with Gasteiger partial charge in [0.05, 0.1) is 0 Å². The zero-order chi connectivity index (χ0) is 15.3. The molecule has 12 heteroatoms. The van der Waals surface area contributed by atoms with Crippen molar-refractivity contribution in [3.63, 3.8) is 0 Å². The molecule has 0 spiro atoms. The van der Waals surface area contributed by atoms with Crippen LogP contribution in [0.5, 0.6) is 0 Å². The maximum absolute atomic E-state index is 11.8. The molecule has 0 fully saturated rings. The molecule has 0 heterocycles. The maximum atomic E-state index is 11.8. The van der Waals surface area contributed by atoms with E-state index in [2.05, 4.69) is 0 Å². The van der Waals surface area contributed by atoms with Crippen LogP contribution in [0.1, 0.15) is 12.8 Å². The molecule has 0 saturated carbocycles. The smallest absolute Gasteiger partial charge is 0.402 e. The fourth-order valence-electron chi connectivity index (χ4n) is 0.925. The van der Waals surface area contributed by atoms with E-state index in [1.54, 1.807) is 0 Å². The third-order valence-electron chi connectivity index (χ3n) is 1.74. The molecule has 112 valence electrons. The Kier molecular flexibility index (Phi) is 6.18. The van der Waals surface area contributed by atoms with Crippen LogP contribution in [-0.4, -0.2) is 44.2 Å². The van der Waals surface area contributed by atoms with E-state index in [1.165, 1.54) is 4.72 Å². The van der Waals surface area contributed by atoms with Crippen LogP contribution in [0.15, 0.2) is 0 Å². The molecule has 0 aliphatic carbocycles. The molecule has 1 unspecified atom stereocenters. The van der Waals surface area contributed by atoms with E-state index in [9.17, 15) is 31.2 Å². The zero-order valence-electron chi connectivity index (χ0n) is 9.40. The van der Waals surface area contributed by atoms with Gasteiger partial charge in [0.1, 0.15) is 12.6 Å². The topological polar surface area (TPSA) is 139 Å². The van der Waals surface area contributed by atoms with Crippen molar-refractivity contribution < 1.29 is 36.3 Å². The monoisotopic (exact) mass is 307 g/mol. The number of rotatable bonds is 8. The summed E-state index contributed by atoms with van der Waals surface area (Å²) >= 11 is 0. The predicted molar refractivity (Wildman–Crippen MR) is 56.0 cm³/mol. The number of amides is 1. The number of carbonyl (C=O) groups excluding carboxylic acids is 1. The summed E-state index contributed by atoms with van der Waals surface area (Å²) in [6.07, 6.45) is -5.68. The third-order valence-corrected chi connectivity index (χ3v) is 2.86. The minimum absolute atomic E-state index is 0.432. The molecule has 0 aromatic carbocycles. The first kappa shape index (κ1) is 17.6. The van der Waals surface area contributed by atoms with Crippen LogP contribution in [-0.2, 0) is 19.8 Å². The zero-order valence-corrected chi connectivity index (χ0v) is 10.2. The fraction of sp³-hybridized carbons (Fsp3) is 0.714. The second-order valence-corrected chi connectivity index (χ2v) is 4.98. The van der Waals surface area contributed by atoms with Gasteiger partial charge in [-0.2, -0.15) is 31.0 Å². The number of hydrogen-bond acceptors (Lipinski definition) is 4. The first-order chi connectivity index (χ1) is 8.43. The number of aliphatic carboxylic acids is 1. The Labute approximate surface area is 106 Å². The maximum Gasteiger partial charge on any atom is 0.402 e. The van der Waals surface area contributed by atoms with Gasteiger partial charge in [-0.25, -0.2) is 0 Å². The summed E-state index contributed by atoms with van der Waals surface area (Å²) in [5.74, 6) is -2.51. The van der Waals surface area contributed by atoms with Gasteiger partial charge < -0.3 is 10.8 Å². The van der Waals surface area contributed by atoms with Crippen molar-refractivity contribution >= 4 is 22.1 Å². The second kappa shape index (κ2) is 6.68. The summed E-state index contributed by atoms with van der Waals surface area (Å²) in [7, 11) is -4.66. The molecule has 19 heavy (non-hydrogen) atoms. The lowest BCUT2D eigenvalue weighted by Gasteiger charge is -2.15. The van der Waals surface area contributed by atoms with Crippen LogP contribution in [0.3, 0.4) is 0 Å². The molecule has 0 saturated heterocycles. The molecule has 8 nitrogen and oxygen atoms in total. The van der Waals surface area contributed by atoms with Gasteiger partial charge in [0.25, 0.3) is 10.2 Å². The van der Waals surface area contributed by atoms with Crippen LogP contribution in [0.2, 0.25) is 0 Å². The van der Waals surface area contributed by atoms with E-state index in [4.69, 9.17) is 10.8 Å². The highest BCUT2D eigenvalue weighted by molar-refractivity contribution is 7.87. The molecular weight excluding hydrogens is 295 g/mol. The SMILES string of the molecule is NC(=O)CCC(NS(=O)(=O)NCC(F)(F)F)C(=O)O. The van der Waals surface area contributed by atoms with Gasteiger partial charge in [0.2, 0.25) is 5.91 Å². The number of nitrogens with one attached hydrogen (secondary N) is 2. The van der Waals surface area contributed by atoms with Gasteiger partial charge >= 0.3 is 12.1 Å². The molecular formula is C7H12F3N3O5S. The number of hydrogen-bond donors (Lipinski definition) is 4. The summed E-state index contributed by atoms with van der Waals surface area (Å²) in [4.78, 5) is 21.1. The lowest BCUT2D eigenvalue weighted by atomic mass is 10.2. The van der Waals surface area contributed by atoms with E-state index >= 15 is 0 Å². The molecule has 0 aromatic heterocycles. The quantitative estimate of drug-likeness (QED) is 0.441. The Morgan fingerprint density at radius 2 is 1.84 bits per heavy atom. The Hall–Kier alpha value is -1.40. The van der Waals surface area contributed by atoms with E-state index in [1.807, 2.05) is 0 Å². The van der Waals surface area contributed by atoms with Crippen molar-refractivity contribution in [3.05, 3.63) is 0 Å². The van der Waals surface area contributed by atoms with Crippen LogP contribution >= 0.6 is 0 Å². The van der Waals surface area contributed by atoms with Crippen molar-refractivity contribution in [2.75, 3.05) is 6.54 Å². The van der Waals surface area contributed by atoms with E-state index in [0.29, 0.717) is 0 Å². The van der Waals surface area contributed by atoms with Crippen molar-refractivity contribution in [1.82, 2.24) is 9.44 Å². The fourth-order valence-corrected chi connectivity index (χ4v) is 1.96. The average molecular weight is 307 g/mol. The molecule has 5 N–H and O–H groups in total. The minimum atomic E-state index is -4.78. The van der Waals surface area contributed by atoms with Crippen molar-refractivity contribution in [2.24, 2.45) is 5.73 Å². The standard InChI is InChI=1S/C7H12F3N3O5S/c8-7(9,10)3-12-19(17,18)13-4(6(15)16)1-2-5(11)14/h4,12-13H,1-3H2,(H2,11,14)(H,15,16). The first-order valence-corrected chi connectivity index (χ1v) is 6.26. The Morgan fingerprint density at radius 3 is 2.21 bits per heavy atom. The molecule has 0 radical (unpaired) electrons. The molecule has 0 aliphatic rings. The van der Waals surface area contributed by atoms with Crippen LogP contribution in [0.25, 0.3) is 0 Å². The summed E-state index contributed by atoms with van der Waals surface area (Å²) in [5, 5.41) is 8.65. The highest BCUT2D eigenvalue weighted by Gasteiger charge is 2.31. The summed E-state index contributed by atoms with van der Waals surface area (Å²) in [6.45, 7) is -1.84. The van der Waals surface area contributed by atoms with Crippen LogP contribution < -0.4 is 15.2 Å². The summed E-state index contributed by atoms with van der Waals surface area (Å²) in [6, 6.07) is -1.75. The number of nitrogens with two attached hydrogens (primary N) is 1. The minimum Gasteiger partial charge on any atom is -0.480 e. The molecule has 0 rings (SSSR count). The number of halogens is 3. The van der Waals surface area contributed by atoms with Crippen molar-refractivity contribution in [2.45, 2.75) is 25.1 Å². The highest BCUT2D eigenvalue weighted by Crippen LogP contribution is 2.12. The second-order valence-electron chi connectivity index (χ2n) is 3.45. The number of carboxylic acid groups (broad SMARTS) is 1. The van der Waals surface area contributed by atoms with Crippen LogP contribution in [0, 0.1) is 0 Å². The lowest BCUT2D eigenvalue weighted by molar-refractivity contribution is -0.139. The van der Waals surface area contributed by atoms with Crippen molar-refractivity contribution in [3.8, 4) is 0 Å². The van der Waals surface area contributed by atoms with Gasteiger partial charge in [-0.1, -0.05) is 0 Å². The van der Waals surface area contributed by atoms with E-state index in [-0.39, 0.29) is 0 Å². The summed E-state index contributed by atoms with van der Waals surface area (Å²) in [5.41, 5.74) is 4.75. The summed E-state index contributed by atoms with van der Waals surface area (Å²) < 4.78 is 60.3. The normalized spacial score (nSPS) is 14.1. The van der Waals surface area contributed by atoms with Gasteiger partial charge in [-0.15, -0.1) is 0 Å². The Morgan fingerprint density at radius 1 is 1.32 bits per heavy atom. The van der Waals surface area contributed by atoms with Gasteiger partial charge in [-0.3, -0.25) is 9.59 Å². The van der Waals surface area contributed by atoms with Gasteiger partial charge in [0, 0.05) is 6.42 Å². The molecule has 1 amide bonds. The number of carboxylic acids is 1. The lowest BCUT2D eigenvalue weighted by Crippen LogP contribution is -2.48. The van der Waals surface area contributed by atoms with Gasteiger partial charge in [0.15, 0.2) is 0 Å². The number of alkyl halides is 3.